The topological polar surface area (TPSA) is 75.7 Å². The van der Waals surface area contributed by atoms with E-state index >= 15 is 0 Å². The Labute approximate surface area is 197 Å². The standard InChI is InChI=1S/C26H36N2O4S/c1-18-12-21-13-23(33(30,31)17-20-9-10-20)14-24(25(21)32-18)26(29)27-15-22-8-5-11-28(22)16-19-6-3-2-4-7-19/h6,13-14,18,20,22H,2-5,7-12,15-17H2,1H3,(H,27,29). The van der Waals surface area contributed by atoms with Crippen LogP contribution in [0.1, 0.15) is 74.2 Å². The maximum Gasteiger partial charge on any atom is 0.255 e. The Bertz CT molecular complexity index is 1040. The highest BCUT2D eigenvalue weighted by Crippen LogP contribution is 2.37. The lowest BCUT2D eigenvalue weighted by Crippen LogP contribution is -2.41. The molecule has 180 valence electrons. The van der Waals surface area contributed by atoms with Gasteiger partial charge < -0.3 is 10.1 Å². The number of allylic oxidation sites excluding steroid dienone is 1. The molecule has 2 fully saturated rings. The van der Waals surface area contributed by atoms with Crippen molar-refractivity contribution in [3.05, 3.63) is 34.9 Å². The summed E-state index contributed by atoms with van der Waals surface area (Å²) in [6.45, 7) is 4.61. The summed E-state index contributed by atoms with van der Waals surface area (Å²) in [5.74, 6) is 0.771. The Hall–Kier alpha value is -1.86. The van der Waals surface area contributed by atoms with Crippen LogP contribution in [0.4, 0.5) is 0 Å². The molecule has 1 N–H and O–H groups in total. The summed E-state index contributed by atoms with van der Waals surface area (Å²) in [6.07, 6.45) is 12.1. The first-order valence-electron chi connectivity index (χ1n) is 12.7. The molecule has 1 aromatic carbocycles. The van der Waals surface area contributed by atoms with E-state index < -0.39 is 9.84 Å². The Morgan fingerprint density at radius 1 is 1.18 bits per heavy atom. The average Bonchev–Trinajstić information content (AvgIpc) is 3.34. The number of hydrogen-bond acceptors (Lipinski definition) is 5. The SMILES string of the molecule is CC1Cc2cc(S(=O)(=O)CC3CC3)cc(C(=O)NCC3CCCN3CC3=CCCCC3)c2O1. The molecule has 0 radical (unpaired) electrons. The molecular weight excluding hydrogens is 436 g/mol. The van der Waals surface area contributed by atoms with Crippen LogP contribution >= 0.6 is 0 Å². The molecule has 0 aromatic heterocycles. The van der Waals surface area contributed by atoms with Gasteiger partial charge in [0.25, 0.3) is 5.91 Å². The summed E-state index contributed by atoms with van der Waals surface area (Å²) < 4.78 is 31.8. The van der Waals surface area contributed by atoms with Crippen LogP contribution in [0.15, 0.2) is 28.7 Å². The Kier molecular flexibility index (Phi) is 6.54. The number of hydrogen-bond donors (Lipinski definition) is 1. The van der Waals surface area contributed by atoms with Gasteiger partial charge in [-0.1, -0.05) is 11.6 Å². The van der Waals surface area contributed by atoms with Crippen LogP contribution in [0.25, 0.3) is 0 Å². The first kappa shape index (κ1) is 22.9. The molecule has 5 rings (SSSR count). The summed E-state index contributed by atoms with van der Waals surface area (Å²) in [5.41, 5.74) is 2.73. The first-order chi connectivity index (χ1) is 15.9. The smallest absolute Gasteiger partial charge is 0.255 e. The van der Waals surface area contributed by atoms with Gasteiger partial charge in [-0.15, -0.1) is 0 Å². The zero-order valence-corrected chi connectivity index (χ0v) is 20.5. The number of likely N-dealkylation sites (tertiary alicyclic amines) is 1. The molecule has 1 amide bonds. The largest absolute Gasteiger partial charge is 0.489 e. The molecule has 2 unspecified atom stereocenters. The highest BCUT2D eigenvalue weighted by molar-refractivity contribution is 7.91. The van der Waals surface area contributed by atoms with Crippen molar-refractivity contribution < 1.29 is 17.9 Å². The van der Waals surface area contributed by atoms with Crippen molar-refractivity contribution >= 4 is 15.7 Å². The van der Waals surface area contributed by atoms with Crippen molar-refractivity contribution in [2.45, 2.75) is 81.8 Å². The molecule has 2 atom stereocenters. The molecule has 33 heavy (non-hydrogen) atoms. The van der Waals surface area contributed by atoms with E-state index in [0.29, 0.717) is 30.3 Å². The van der Waals surface area contributed by atoms with E-state index in [9.17, 15) is 13.2 Å². The number of nitrogens with one attached hydrogen (secondary N) is 1. The summed E-state index contributed by atoms with van der Waals surface area (Å²) >= 11 is 0. The predicted molar refractivity (Wildman–Crippen MR) is 128 cm³/mol. The number of ether oxygens (including phenoxy) is 1. The van der Waals surface area contributed by atoms with E-state index in [0.717, 1.165) is 44.3 Å². The lowest BCUT2D eigenvalue weighted by atomic mass is 9.99. The second-order valence-corrected chi connectivity index (χ2v) is 12.4. The van der Waals surface area contributed by atoms with Gasteiger partial charge in [-0.25, -0.2) is 8.42 Å². The molecule has 2 aliphatic carbocycles. The third-order valence-corrected chi connectivity index (χ3v) is 9.37. The second kappa shape index (κ2) is 9.41. The predicted octanol–water partition coefficient (Wildman–Crippen LogP) is 3.89. The van der Waals surface area contributed by atoms with Crippen LogP contribution in [0.3, 0.4) is 0 Å². The van der Waals surface area contributed by atoms with E-state index in [1.54, 1.807) is 12.1 Å². The Morgan fingerprint density at radius 2 is 2.03 bits per heavy atom. The fourth-order valence-corrected chi connectivity index (χ4v) is 7.26. The van der Waals surface area contributed by atoms with Crippen molar-refractivity contribution in [3.8, 4) is 5.75 Å². The van der Waals surface area contributed by atoms with E-state index in [2.05, 4.69) is 16.3 Å². The van der Waals surface area contributed by atoms with Gasteiger partial charge in [0.05, 0.1) is 16.2 Å². The quantitative estimate of drug-likeness (QED) is 0.581. The number of benzene rings is 1. The minimum absolute atomic E-state index is 0.0537. The number of nitrogens with zero attached hydrogens (tertiary/aromatic N) is 1. The Balaban J connectivity index is 1.30. The van der Waals surface area contributed by atoms with E-state index in [1.807, 2.05) is 6.92 Å². The summed E-state index contributed by atoms with van der Waals surface area (Å²) in [6, 6.07) is 3.60. The zero-order valence-electron chi connectivity index (χ0n) is 19.6. The van der Waals surface area contributed by atoms with Gasteiger partial charge in [0.15, 0.2) is 9.84 Å². The monoisotopic (exact) mass is 472 g/mol. The van der Waals surface area contributed by atoms with Gasteiger partial charge in [-0.05, 0) is 88.4 Å². The Morgan fingerprint density at radius 3 is 2.79 bits per heavy atom. The molecule has 4 aliphatic rings. The molecule has 1 saturated carbocycles. The summed E-state index contributed by atoms with van der Waals surface area (Å²) in [4.78, 5) is 16.0. The van der Waals surface area contributed by atoms with Crippen LogP contribution in [-0.2, 0) is 16.3 Å². The van der Waals surface area contributed by atoms with Crippen molar-refractivity contribution in [1.29, 1.82) is 0 Å². The molecule has 1 aromatic rings. The van der Waals surface area contributed by atoms with Crippen LogP contribution < -0.4 is 10.1 Å². The van der Waals surface area contributed by atoms with Crippen molar-refractivity contribution in [2.75, 3.05) is 25.4 Å². The fourth-order valence-electron chi connectivity index (χ4n) is 5.49. The van der Waals surface area contributed by atoms with Gasteiger partial charge >= 0.3 is 0 Å². The minimum Gasteiger partial charge on any atom is -0.489 e. The van der Waals surface area contributed by atoms with E-state index in [-0.39, 0.29) is 28.6 Å². The molecule has 0 spiro atoms. The van der Waals surface area contributed by atoms with Crippen LogP contribution in [-0.4, -0.2) is 56.8 Å². The molecule has 0 bridgehead atoms. The number of rotatable bonds is 8. The van der Waals surface area contributed by atoms with Crippen LogP contribution in [0.2, 0.25) is 0 Å². The summed E-state index contributed by atoms with van der Waals surface area (Å²) in [5, 5.41) is 3.11. The number of sulfone groups is 1. The molecule has 7 heteroatoms. The third-order valence-electron chi connectivity index (χ3n) is 7.51. The van der Waals surface area contributed by atoms with Crippen molar-refractivity contribution in [2.24, 2.45) is 5.92 Å². The van der Waals surface area contributed by atoms with Crippen LogP contribution in [0.5, 0.6) is 5.75 Å². The summed E-state index contributed by atoms with van der Waals surface area (Å²) in [7, 11) is -3.40. The maximum absolute atomic E-state index is 13.3. The molecular formula is C26H36N2O4S. The number of carbonyl (C=O) groups is 1. The van der Waals surface area contributed by atoms with E-state index in [4.69, 9.17) is 4.74 Å². The fraction of sp³-hybridized carbons (Fsp3) is 0.654. The number of carbonyl (C=O) groups excluding carboxylic acids is 1. The minimum atomic E-state index is -3.40. The van der Waals surface area contributed by atoms with Crippen molar-refractivity contribution in [3.63, 3.8) is 0 Å². The highest BCUT2D eigenvalue weighted by Gasteiger charge is 2.33. The molecule has 2 aliphatic heterocycles. The normalized spacial score (nSPS) is 25.4. The van der Waals surface area contributed by atoms with Gasteiger partial charge in [0, 0.05) is 25.6 Å². The first-order valence-corrected chi connectivity index (χ1v) is 14.3. The maximum atomic E-state index is 13.3. The lowest BCUT2D eigenvalue weighted by molar-refractivity contribution is 0.0937. The van der Waals surface area contributed by atoms with Crippen molar-refractivity contribution in [1.82, 2.24) is 10.2 Å². The molecule has 1 saturated heterocycles. The zero-order chi connectivity index (χ0) is 23.0. The molecule has 2 heterocycles. The second-order valence-electron chi connectivity index (χ2n) is 10.4. The van der Waals surface area contributed by atoms with Crippen LogP contribution in [0, 0.1) is 5.92 Å². The average molecular weight is 473 g/mol. The van der Waals surface area contributed by atoms with E-state index in [1.165, 1.54) is 31.3 Å². The van der Waals surface area contributed by atoms with Gasteiger partial charge in [-0.2, -0.15) is 0 Å². The number of amides is 1. The van der Waals surface area contributed by atoms with Gasteiger partial charge in [0.1, 0.15) is 11.9 Å². The lowest BCUT2D eigenvalue weighted by Gasteiger charge is -2.27. The number of fused-ring (bicyclic) bond motifs is 1. The van der Waals surface area contributed by atoms with Gasteiger partial charge in [-0.3, -0.25) is 9.69 Å². The third kappa shape index (κ3) is 5.29. The van der Waals surface area contributed by atoms with Gasteiger partial charge in [0.2, 0.25) is 0 Å². The molecule has 6 nitrogen and oxygen atoms in total. The highest BCUT2D eigenvalue weighted by atomic mass is 32.2.